The van der Waals surface area contributed by atoms with Crippen LogP contribution in [-0.4, -0.2) is 136 Å². The van der Waals surface area contributed by atoms with Gasteiger partial charge in [0.25, 0.3) is 0 Å². The van der Waals surface area contributed by atoms with E-state index in [1.807, 2.05) is 146 Å². The van der Waals surface area contributed by atoms with Gasteiger partial charge in [-0.25, -0.2) is 3.97 Å². The number of hydrogen-bond acceptors (Lipinski definition) is 14. The van der Waals surface area contributed by atoms with Gasteiger partial charge in [-0.3, -0.25) is 9.59 Å². The van der Waals surface area contributed by atoms with Gasteiger partial charge in [-0.15, -0.1) is 0 Å². The molecular weight excluding hydrogens is 1180 g/mol. The number of benzene rings is 6. The number of methoxy groups -OCH3 is 4. The second kappa shape index (κ2) is 34.9. The van der Waals surface area contributed by atoms with E-state index in [0.29, 0.717) is 51.7 Å². The van der Waals surface area contributed by atoms with Crippen molar-refractivity contribution in [1.29, 1.82) is 0 Å². The number of azide groups is 2. The Morgan fingerprint density at radius 3 is 1.20 bits per heavy atom. The van der Waals surface area contributed by atoms with Gasteiger partial charge in [-0.2, -0.15) is 8.42 Å². The minimum absolute atomic E-state index is 0.00172. The Morgan fingerprint density at radius 2 is 0.868 bits per heavy atom. The maximum Gasteiger partial charge on any atom is 0.327 e. The summed E-state index contributed by atoms with van der Waals surface area (Å²) in [6.07, 6.45) is 8.00. The molecule has 9 rings (SSSR count). The average Bonchev–Trinajstić information content (AvgIpc) is 1.18. The number of nitrogens with two attached hydrogens (primary N) is 1. The lowest BCUT2D eigenvalue weighted by Gasteiger charge is -2.38. The first-order chi connectivity index (χ1) is 44.2. The van der Waals surface area contributed by atoms with Crippen LogP contribution in [0.5, 0.6) is 23.0 Å². The van der Waals surface area contributed by atoms with Crippen LogP contribution in [0.3, 0.4) is 0 Å². The average molecular weight is 1260 g/mol. The van der Waals surface area contributed by atoms with Crippen molar-refractivity contribution in [3.05, 3.63) is 237 Å². The van der Waals surface area contributed by atoms with Crippen LogP contribution < -0.4 is 24.7 Å². The van der Waals surface area contributed by atoms with Crippen molar-refractivity contribution >= 4 is 22.0 Å². The summed E-state index contributed by atoms with van der Waals surface area (Å²) in [6, 6.07) is 54.0. The normalized spacial score (nSPS) is 16.2. The molecule has 2 aliphatic heterocycles. The number of nitrogens with zero attached hydrogens (tertiary/aromatic N) is 9. The standard InChI is InChI=1S/C32H38N4O5.C32H40N2O5.C4H4N4O2S/c1-39-29-16-12-25(13-17-29)32(24-9-5-3-6-10-24,26-14-18-30(40-2)19-15-26)41-23-27-21-28(37)22-36(27)31(38)11-7-4-8-20-34-35-33;1-37-29-16-12-25(13-17-29)32(24-9-5-3-6-10-24,26-14-18-30(38-2)19-15-26)39-23-27-21-28(35)22-34(27)31(36)11-7-4-8-20-33;5-6-7-11(9,10)8-3-1-2-4-8/h3,5-6,9-10,12-19,27-28,37H,4,7-8,11,20-23H2,1-2H3;3,5-6,9-10,12-19,27-28,35H,4,7-8,11,20-23,33H2,1-2H3;1-4H/t2*27-,28+;/m00./s1. The third-order valence-electron chi connectivity index (χ3n) is 16.0. The molecule has 23 heteroatoms. The first-order valence-corrected chi connectivity index (χ1v) is 31.7. The summed E-state index contributed by atoms with van der Waals surface area (Å²) >= 11 is 0. The molecule has 4 atom stereocenters. The molecule has 0 spiro atoms. The van der Waals surface area contributed by atoms with E-state index in [0.717, 1.165) is 92.5 Å². The second-order valence-electron chi connectivity index (χ2n) is 21.8. The summed E-state index contributed by atoms with van der Waals surface area (Å²) in [5, 5.41) is 24.6. The van der Waals surface area contributed by atoms with Crippen LogP contribution in [0.4, 0.5) is 0 Å². The summed E-state index contributed by atoms with van der Waals surface area (Å²) < 4.78 is 60.8. The predicted octanol–water partition coefficient (Wildman–Crippen LogP) is 11.2. The smallest absolute Gasteiger partial charge is 0.327 e. The zero-order chi connectivity index (χ0) is 65.1. The molecule has 0 aliphatic carbocycles. The Morgan fingerprint density at radius 1 is 0.516 bits per heavy atom. The van der Waals surface area contributed by atoms with Gasteiger partial charge >= 0.3 is 10.2 Å². The van der Waals surface area contributed by atoms with Gasteiger partial charge in [0.2, 0.25) is 11.8 Å². The number of carbonyl (C=O) groups excluding carboxylic acids is 2. The van der Waals surface area contributed by atoms with Gasteiger partial charge in [0.05, 0.1) is 70.5 Å². The van der Waals surface area contributed by atoms with Crippen LogP contribution in [0.15, 0.2) is 192 Å². The molecule has 0 bridgehead atoms. The monoisotopic (exact) mass is 1260 g/mol. The molecule has 7 aromatic rings. The van der Waals surface area contributed by atoms with Crippen LogP contribution in [0, 0.1) is 0 Å². The van der Waals surface area contributed by atoms with E-state index in [1.54, 1.807) is 38.2 Å². The first kappa shape index (κ1) is 69.6. The lowest BCUT2D eigenvalue weighted by atomic mass is 9.80. The Balaban J connectivity index is 0.000000221. The fourth-order valence-corrected chi connectivity index (χ4v) is 12.1. The molecule has 0 saturated carbocycles. The SMILES string of the molecule is COc1ccc(C(OC[C@@H]2C[C@@H](O)CN2C(=O)CCCCCN)(c2ccccc2)c2ccc(OC)cc2)cc1.COc1ccc(C(OC[C@@H]2C[C@@H](O)CN2C(=O)CCCCCN=[N+]=[N-])(c2ccccc2)c2ccc(OC)cc2)cc1.[N-]=[N+]=NS(=O)(=O)n1cccc1. The van der Waals surface area contributed by atoms with Gasteiger partial charge < -0.3 is 54.2 Å². The van der Waals surface area contributed by atoms with Crippen molar-refractivity contribution in [3.8, 4) is 23.0 Å². The van der Waals surface area contributed by atoms with Crippen molar-refractivity contribution in [2.75, 3.05) is 67.8 Å². The largest absolute Gasteiger partial charge is 0.497 e. The lowest BCUT2D eigenvalue weighted by Crippen LogP contribution is -2.42. The molecule has 4 N–H and O–H groups in total. The molecule has 6 aromatic carbocycles. The van der Waals surface area contributed by atoms with E-state index >= 15 is 0 Å². The van der Waals surface area contributed by atoms with Gasteiger partial charge in [-0.1, -0.05) is 127 Å². The lowest BCUT2D eigenvalue weighted by molar-refractivity contribution is -0.135. The minimum Gasteiger partial charge on any atom is -0.497 e. The number of unbranched alkanes of at least 4 members (excludes halogenated alkanes) is 4. The maximum atomic E-state index is 13.2. The van der Waals surface area contributed by atoms with E-state index < -0.39 is 33.6 Å². The van der Waals surface area contributed by atoms with Gasteiger partial charge in [0, 0.05) is 54.7 Å². The highest BCUT2D eigenvalue weighted by Crippen LogP contribution is 2.44. The Labute approximate surface area is 532 Å². The summed E-state index contributed by atoms with van der Waals surface area (Å²) in [5.74, 6) is 3.03. The van der Waals surface area contributed by atoms with E-state index in [1.165, 1.54) is 24.5 Å². The van der Waals surface area contributed by atoms with E-state index in [9.17, 15) is 28.2 Å². The number of β-amino-alcohol motifs (C(OH)–C–C–N with tert-alkyl or cyclic N) is 2. The van der Waals surface area contributed by atoms with E-state index in [-0.39, 0.29) is 43.7 Å². The highest BCUT2D eigenvalue weighted by Gasteiger charge is 2.43. The molecule has 3 heterocycles. The molecular formula is C68H82N10O12S. The Hall–Kier alpha value is -8.89. The molecule has 2 amide bonds. The zero-order valence-corrected chi connectivity index (χ0v) is 52.7. The molecule has 91 heavy (non-hydrogen) atoms. The van der Waals surface area contributed by atoms with Crippen molar-refractivity contribution in [3.63, 3.8) is 0 Å². The number of amides is 2. The fraction of sp³-hybridized carbons (Fsp3) is 0.382. The van der Waals surface area contributed by atoms with Gasteiger partial charge in [0.15, 0.2) is 0 Å². The summed E-state index contributed by atoms with van der Waals surface area (Å²) in [5.41, 5.74) is 25.5. The molecule has 22 nitrogen and oxygen atoms in total. The molecule has 1 aromatic heterocycles. The Bertz CT molecular complexity index is 3450. The quantitative estimate of drug-likeness (QED) is 0.0129. The van der Waals surface area contributed by atoms with Crippen LogP contribution in [0.1, 0.15) is 97.6 Å². The molecule has 0 radical (unpaired) electrons. The summed E-state index contributed by atoms with van der Waals surface area (Å²) in [7, 11) is 2.72. The first-order valence-electron chi connectivity index (χ1n) is 30.3. The summed E-state index contributed by atoms with van der Waals surface area (Å²) in [6.45, 7) is 2.17. The van der Waals surface area contributed by atoms with Gasteiger partial charge in [-0.05, 0) is 150 Å². The van der Waals surface area contributed by atoms with Crippen LogP contribution in [0.25, 0.3) is 20.9 Å². The minimum atomic E-state index is -3.84. The van der Waals surface area contributed by atoms with Crippen molar-refractivity contribution in [2.24, 2.45) is 15.4 Å². The topological polar surface area (TPSA) is 299 Å². The van der Waals surface area contributed by atoms with Crippen molar-refractivity contribution < 1.29 is 56.6 Å². The number of ether oxygens (including phenoxy) is 6. The van der Waals surface area contributed by atoms with Crippen molar-refractivity contribution in [2.45, 2.75) is 99.7 Å². The predicted molar refractivity (Wildman–Crippen MR) is 347 cm³/mol. The number of aliphatic hydroxyl groups is 2. The fourth-order valence-electron chi connectivity index (χ4n) is 11.4. The van der Waals surface area contributed by atoms with E-state index in [2.05, 4.69) is 31.6 Å². The molecule has 482 valence electrons. The molecule has 2 aliphatic rings. The van der Waals surface area contributed by atoms with Crippen molar-refractivity contribution in [1.82, 2.24) is 13.8 Å². The Kier molecular flexibility index (Phi) is 26.7. The third kappa shape index (κ3) is 18.4. The second-order valence-corrected chi connectivity index (χ2v) is 23.3. The third-order valence-corrected chi connectivity index (χ3v) is 17.1. The number of hydrogen-bond donors (Lipinski definition) is 3. The summed E-state index contributed by atoms with van der Waals surface area (Å²) in [4.78, 5) is 34.9. The molecule has 0 unspecified atom stereocenters. The van der Waals surface area contributed by atoms with Gasteiger partial charge in [0.1, 0.15) is 34.2 Å². The number of likely N-dealkylation sites (tertiary alicyclic amines) is 2. The van der Waals surface area contributed by atoms with Crippen LogP contribution >= 0.6 is 0 Å². The van der Waals surface area contributed by atoms with Crippen LogP contribution in [0.2, 0.25) is 0 Å². The number of carbonyl (C=O) groups is 2. The molecule has 2 fully saturated rings. The zero-order valence-electron chi connectivity index (χ0n) is 51.9. The maximum absolute atomic E-state index is 13.2. The van der Waals surface area contributed by atoms with E-state index in [4.69, 9.17) is 45.2 Å². The number of aromatic nitrogens is 1. The number of rotatable bonds is 29. The highest BCUT2D eigenvalue weighted by molar-refractivity contribution is 7.88. The van der Waals surface area contributed by atoms with Crippen LogP contribution in [-0.2, 0) is 40.5 Å². The highest BCUT2D eigenvalue weighted by atomic mass is 32.2. The number of aliphatic hydroxyl groups excluding tert-OH is 2. The molecule has 2 saturated heterocycles.